The van der Waals surface area contributed by atoms with Crippen molar-refractivity contribution in [3.8, 4) is 0 Å². The molecular formula is C24H30O4Pb. The fraction of sp³-hybridized carbons (Fsp3) is 0.417. The van der Waals surface area contributed by atoms with Gasteiger partial charge in [-0.2, -0.15) is 0 Å². The van der Waals surface area contributed by atoms with Crippen LogP contribution in [0.15, 0.2) is 48.5 Å². The Hall–Kier alpha value is -1.70. The van der Waals surface area contributed by atoms with Crippen LogP contribution in [0.25, 0.3) is 0 Å². The number of carboxylic acid groups (broad SMARTS) is 2. The normalized spacial score (nSPS) is 11.0. The molecule has 2 radical (unpaired) electrons. The molecule has 0 saturated heterocycles. The van der Waals surface area contributed by atoms with Crippen LogP contribution in [0, 0.1) is 0 Å². The first kappa shape index (κ1) is 27.3. The number of rotatable bonds is 6. The van der Waals surface area contributed by atoms with Gasteiger partial charge < -0.3 is 19.8 Å². The molecule has 0 aliphatic heterocycles. The minimum absolute atomic E-state index is 0. The molecular weight excluding hydrogens is 559 g/mol. The molecule has 0 N–H and O–H groups in total. The molecule has 154 valence electrons. The zero-order valence-electron chi connectivity index (χ0n) is 18.2. The van der Waals surface area contributed by atoms with Crippen molar-refractivity contribution in [2.24, 2.45) is 0 Å². The summed E-state index contributed by atoms with van der Waals surface area (Å²) >= 11 is 0. The first-order valence-corrected chi connectivity index (χ1v) is 9.59. The van der Waals surface area contributed by atoms with Gasteiger partial charge in [0.25, 0.3) is 0 Å². The predicted molar refractivity (Wildman–Crippen MR) is 114 cm³/mol. The Balaban J connectivity index is 0.000000523. The summed E-state index contributed by atoms with van der Waals surface area (Å²) in [6.07, 6.45) is 1.80. The van der Waals surface area contributed by atoms with E-state index in [1.165, 1.54) is 0 Å². The first-order valence-electron chi connectivity index (χ1n) is 9.59. The van der Waals surface area contributed by atoms with Crippen LogP contribution in [0.2, 0.25) is 0 Å². The summed E-state index contributed by atoms with van der Waals surface area (Å²) in [5.41, 5.74) is 2.08. The number of hydrogen-bond donors (Lipinski definition) is 0. The number of aromatic carboxylic acids is 2. The van der Waals surface area contributed by atoms with Crippen molar-refractivity contribution in [2.75, 3.05) is 0 Å². The molecule has 0 bridgehead atoms. The smallest absolute Gasteiger partial charge is 0.545 e. The SMILES string of the molecule is CCC(C)(C)c1ccccc1C(=O)[O-].CCC(C)(C)c1ccccc1C(=O)[O-].[Pb+2]. The maximum Gasteiger partial charge on any atom is 2.00 e. The maximum atomic E-state index is 10.9. The molecule has 5 heteroatoms. The van der Waals surface area contributed by atoms with Crippen molar-refractivity contribution >= 4 is 39.2 Å². The third-order valence-electron chi connectivity index (χ3n) is 5.52. The predicted octanol–water partition coefficient (Wildman–Crippen LogP) is 3.09. The van der Waals surface area contributed by atoms with E-state index in [4.69, 9.17) is 0 Å². The van der Waals surface area contributed by atoms with E-state index in [1.54, 1.807) is 24.3 Å². The zero-order chi connectivity index (χ0) is 21.5. The van der Waals surface area contributed by atoms with Gasteiger partial charge in [-0.1, -0.05) is 90.1 Å². The first-order chi connectivity index (χ1) is 13.0. The summed E-state index contributed by atoms with van der Waals surface area (Å²) in [6.45, 7) is 12.2. The van der Waals surface area contributed by atoms with Gasteiger partial charge in [0.2, 0.25) is 0 Å². The second kappa shape index (κ2) is 11.5. The monoisotopic (exact) mass is 590 g/mol. The Morgan fingerprint density at radius 1 is 0.690 bits per heavy atom. The Morgan fingerprint density at radius 3 is 1.21 bits per heavy atom. The molecule has 0 aliphatic rings. The molecule has 0 aromatic heterocycles. The molecule has 0 aliphatic carbocycles. The summed E-state index contributed by atoms with van der Waals surface area (Å²) in [6, 6.07) is 14.1. The van der Waals surface area contributed by atoms with Gasteiger partial charge in [-0.25, -0.2) is 0 Å². The molecule has 2 aromatic carbocycles. The largest absolute Gasteiger partial charge is 2.00 e. The van der Waals surface area contributed by atoms with Crippen molar-refractivity contribution in [3.63, 3.8) is 0 Å². The molecule has 0 heterocycles. The molecule has 4 nitrogen and oxygen atoms in total. The van der Waals surface area contributed by atoms with Gasteiger partial charge in [0.1, 0.15) is 0 Å². The number of carbonyl (C=O) groups is 2. The van der Waals surface area contributed by atoms with Crippen LogP contribution >= 0.6 is 0 Å². The maximum absolute atomic E-state index is 10.9. The van der Waals surface area contributed by atoms with Crippen LogP contribution in [-0.2, 0) is 10.8 Å². The van der Waals surface area contributed by atoms with E-state index in [0.29, 0.717) is 11.1 Å². The van der Waals surface area contributed by atoms with E-state index in [9.17, 15) is 19.8 Å². The topological polar surface area (TPSA) is 80.3 Å². The Bertz CT molecular complexity index is 756. The number of carbonyl (C=O) groups excluding carboxylic acids is 2. The van der Waals surface area contributed by atoms with E-state index < -0.39 is 11.9 Å². The summed E-state index contributed by atoms with van der Waals surface area (Å²) in [5, 5.41) is 21.7. The fourth-order valence-electron chi connectivity index (χ4n) is 2.88. The van der Waals surface area contributed by atoms with Gasteiger partial charge in [-0.05, 0) is 34.8 Å². The van der Waals surface area contributed by atoms with Crippen LogP contribution in [-0.4, -0.2) is 39.2 Å². The Labute approximate surface area is 194 Å². The van der Waals surface area contributed by atoms with Gasteiger partial charge in [0, 0.05) is 11.1 Å². The fourth-order valence-corrected chi connectivity index (χ4v) is 2.88. The van der Waals surface area contributed by atoms with Gasteiger partial charge in [0.15, 0.2) is 0 Å². The number of carboxylic acids is 2. The molecule has 0 atom stereocenters. The minimum atomic E-state index is -1.10. The molecule has 0 unspecified atom stereocenters. The van der Waals surface area contributed by atoms with E-state index >= 15 is 0 Å². The molecule has 0 fully saturated rings. The van der Waals surface area contributed by atoms with Gasteiger partial charge >= 0.3 is 27.3 Å². The Morgan fingerprint density at radius 2 is 0.966 bits per heavy atom. The van der Waals surface area contributed by atoms with Crippen molar-refractivity contribution in [1.82, 2.24) is 0 Å². The second-order valence-electron chi connectivity index (χ2n) is 8.14. The summed E-state index contributed by atoms with van der Waals surface area (Å²) < 4.78 is 0. The van der Waals surface area contributed by atoms with Crippen LogP contribution < -0.4 is 10.2 Å². The van der Waals surface area contributed by atoms with Gasteiger partial charge in [-0.15, -0.1) is 0 Å². The standard InChI is InChI=1S/2C12H16O2.Pb/c2*1-4-12(2,3)10-8-6-5-7-9(10)11(13)14;/h2*5-8H,4H2,1-3H3,(H,13,14);/q;;+2/p-2. The molecule has 2 rings (SSSR count). The average Bonchev–Trinajstić information content (AvgIpc) is 2.68. The van der Waals surface area contributed by atoms with E-state index in [0.717, 1.165) is 24.0 Å². The molecule has 29 heavy (non-hydrogen) atoms. The van der Waals surface area contributed by atoms with Crippen LogP contribution in [0.5, 0.6) is 0 Å². The Kier molecular flexibility index (Phi) is 10.8. The molecule has 0 spiro atoms. The van der Waals surface area contributed by atoms with Crippen molar-refractivity contribution in [3.05, 3.63) is 70.8 Å². The quantitative estimate of drug-likeness (QED) is 0.486. The summed E-state index contributed by atoms with van der Waals surface area (Å²) in [7, 11) is 0. The van der Waals surface area contributed by atoms with Crippen LogP contribution in [0.4, 0.5) is 0 Å². The van der Waals surface area contributed by atoms with E-state index in [-0.39, 0.29) is 38.1 Å². The van der Waals surface area contributed by atoms with Gasteiger partial charge in [0.05, 0.1) is 11.9 Å². The van der Waals surface area contributed by atoms with Crippen molar-refractivity contribution in [1.29, 1.82) is 0 Å². The summed E-state index contributed by atoms with van der Waals surface area (Å²) in [5.74, 6) is -2.19. The van der Waals surface area contributed by atoms with Crippen LogP contribution in [0.1, 0.15) is 86.2 Å². The molecule has 2 aromatic rings. The van der Waals surface area contributed by atoms with E-state index in [2.05, 4.69) is 0 Å². The second-order valence-corrected chi connectivity index (χ2v) is 8.14. The molecule has 0 amide bonds. The third kappa shape index (κ3) is 7.25. The van der Waals surface area contributed by atoms with Gasteiger partial charge in [-0.3, -0.25) is 0 Å². The van der Waals surface area contributed by atoms with Crippen molar-refractivity contribution < 1.29 is 19.8 Å². The van der Waals surface area contributed by atoms with Crippen molar-refractivity contribution in [2.45, 2.75) is 65.2 Å². The zero-order valence-corrected chi connectivity index (χ0v) is 22.1. The average molecular weight is 590 g/mol. The minimum Gasteiger partial charge on any atom is -0.545 e. The number of benzene rings is 2. The third-order valence-corrected chi connectivity index (χ3v) is 5.52. The van der Waals surface area contributed by atoms with Crippen LogP contribution in [0.3, 0.4) is 0 Å². The summed E-state index contributed by atoms with van der Waals surface area (Å²) in [4.78, 5) is 21.7. The van der Waals surface area contributed by atoms with E-state index in [1.807, 2.05) is 65.8 Å². The number of hydrogen-bond acceptors (Lipinski definition) is 4. The molecule has 0 saturated carbocycles.